The number of nitrogens with two attached hydrogens (primary N) is 1. The van der Waals surface area contributed by atoms with Gasteiger partial charge >= 0.3 is 5.97 Å². The van der Waals surface area contributed by atoms with Crippen molar-refractivity contribution in [1.29, 1.82) is 0 Å². The number of nitrogens with zero attached hydrogens (tertiary/aromatic N) is 1. The van der Waals surface area contributed by atoms with Crippen LogP contribution in [-0.4, -0.2) is 22.1 Å². The lowest BCUT2D eigenvalue weighted by atomic mass is 9.93. The molecule has 0 aliphatic carbocycles. The topological polar surface area (TPSA) is 76.2 Å². The molecule has 0 aliphatic heterocycles. The third-order valence-electron chi connectivity index (χ3n) is 3.03. The molecule has 18 heavy (non-hydrogen) atoms. The van der Waals surface area contributed by atoms with E-state index in [4.69, 9.17) is 10.8 Å². The Morgan fingerprint density at radius 3 is 2.72 bits per heavy atom. The lowest BCUT2D eigenvalue weighted by Gasteiger charge is -2.18. The Labute approximate surface area is 105 Å². The minimum atomic E-state index is -0.854. The van der Waals surface area contributed by atoms with E-state index in [2.05, 4.69) is 4.98 Å². The molecule has 0 amide bonds. The fraction of sp³-hybridized carbons (Fsp3) is 0.286. The van der Waals surface area contributed by atoms with Crippen LogP contribution in [0.4, 0.5) is 0 Å². The molecule has 2 atom stereocenters. The molecule has 0 fully saturated rings. The maximum Gasteiger partial charge on any atom is 0.304 e. The van der Waals surface area contributed by atoms with Crippen molar-refractivity contribution in [1.82, 2.24) is 4.98 Å². The Hall–Kier alpha value is -1.94. The Morgan fingerprint density at radius 1 is 1.33 bits per heavy atom. The second-order valence-corrected chi connectivity index (χ2v) is 4.49. The molecular formula is C14H16N2O2. The van der Waals surface area contributed by atoms with Gasteiger partial charge in [-0.2, -0.15) is 0 Å². The Morgan fingerprint density at radius 2 is 2.06 bits per heavy atom. The molecule has 1 aromatic carbocycles. The number of carbonyl (C=O) groups is 1. The minimum Gasteiger partial charge on any atom is -0.481 e. The standard InChI is InChI=1S/C14H16N2O2/c1-9(15)11(8-14(17)18)13-7-6-10-4-2-3-5-12(10)16-13/h2-7,9,11H,8,15H2,1H3,(H,17,18). The first-order chi connectivity index (χ1) is 8.58. The van der Waals surface area contributed by atoms with Crippen LogP contribution in [0.25, 0.3) is 10.9 Å². The van der Waals surface area contributed by atoms with Crippen LogP contribution in [0.2, 0.25) is 0 Å². The van der Waals surface area contributed by atoms with E-state index in [-0.39, 0.29) is 18.4 Å². The first-order valence-corrected chi connectivity index (χ1v) is 5.91. The largest absolute Gasteiger partial charge is 0.481 e. The fourth-order valence-corrected chi connectivity index (χ4v) is 2.04. The number of hydrogen-bond acceptors (Lipinski definition) is 3. The van der Waals surface area contributed by atoms with Crippen LogP contribution in [0, 0.1) is 0 Å². The van der Waals surface area contributed by atoms with Crippen molar-refractivity contribution in [3.63, 3.8) is 0 Å². The van der Waals surface area contributed by atoms with E-state index in [1.54, 1.807) is 0 Å². The number of para-hydroxylation sites is 1. The van der Waals surface area contributed by atoms with Crippen LogP contribution in [0.15, 0.2) is 36.4 Å². The summed E-state index contributed by atoms with van der Waals surface area (Å²) in [6.07, 6.45) is 0.00298. The van der Waals surface area contributed by atoms with Gasteiger partial charge in [-0.3, -0.25) is 9.78 Å². The second-order valence-electron chi connectivity index (χ2n) is 4.49. The summed E-state index contributed by atoms with van der Waals surface area (Å²) in [5, 5.41) is 9.97. The van der Waals surface area contributed by atoms with E-state index >= 15 is 0 Å². The average Bonchev–Trinajstić information content (AvgIpc) is 2.35. The molecule has 1 heterocycles. The summed E-state index contributed by atoms with van der Waals surface area (Å²) in [6, 6.07) is 11.3. The predicted molar refractivity (Wildman–Crippen MR) is 70.4 cm³/mol. The monoisotopic (exact) mass is 244 g/mol. The van der Waals surface area contributed by atoms with Gasteiger partial charge in [0.2, 0.25) is 0 Å². The number of rotatable bonds is 4. The molecular weight excluding hydrogens is 228 g/mol. The summed E-state index contributed by atoms with van der Waals surface area (Å²) in [4.78, 5) is 15.4. The van der Waals surface area contributed by atoms with Crippen molar-refractivity contribution < 1.29 is 9.90 Å². The zero-order valence-electron chi connectivity index (χ0n) is 10.2. The summed E-state index contributed by atoms with van der Waals surface area (Å²) in [5.74, 6) is -1.11. The molecule has 1 aromatic heterocycles. The SMILES string of the molecule is CC(N)C(CC(=O)O)c1ccc2ccccc2n1. The molecule has 2 unspecified atom stereocenters. The normalized spacial score (nSPS) is 14.3. The number of fused-ring (bicyclic) bond motifs is 1. The second kappa shape index (κ2) is 5.14. The van der Waals surface area contributed by atoms with Crippen molar-refractivity contribution in [2.45, 2.75) is 25.3 Å². The maximum absolute atomic E-state index is 10.9. The first-order valence-electron chi connectivity index (χ1n) is 5.91. The number of carboxylic acid groups (broad SMARTS) is 1. The molecule has 0 aliphatic rings. The number of benzene rings is 1. The number of carboxylic acids is 1. The van der Waals surface area contributed by atoms with Gasteiger partial charge in [0.05, 0.1) is 11.9 Å². The lowest BCUT2D eigenvalue weighted by Crippen LogP contribution is -2.27. The summed E-state index contributed by atoms with van der Waals surface area (Å²) < 4.78 is 0. The predicted octanol–water partition coefficient (Wildman–Crippen LogP) is 2.14. The third kappa shape index (κ3) is 2.65. The number of aromatic nitrogens is 1. The minimum absolute atomic E-state index is 0.00298. The highest BCUT2D eigenvalue weighted by Crippen LogP contribution is 2.23. The van der Waals surface area contributed by atoms with Gasteiger partial charge in [0.25, 0.3) is 0 Å². The van der Waals surface area contributed by atoms with E-state index in [0.29, 0.717) is 0 Å². The van der Waals surface area contributed by atoms with E-state index < -0.39 is 5.97 Å². The summed E-state index contributed by atoms with van der Waals surface area (Å²) in [6.45, 7) is 1.81. The molecule has 4 nitrogen and oxygen atoms in total. The Kier molecular flexibility index (Phi) is 3.58. The summed E-state index contributed by atoms with van der Waals surface area (Å²) >= 11 is 0. The van der Waals surface area contributed by atoms with Crippen LogP contribution in [0.5, 0.6) is 0 Å². The van der Waals surface area contributed by atoms with Crippen LogP contribution >= 0.6 is 0 Å². The van der Waals surface area contributed by atoms with Gasteiger partial charge in [-0.05, 0) is 19.1 Å². The highest BCUT2D eigenvalue weighted by atomic mass is 16.4. The average molecular weight is 244 g/mol. The molecule has 0 saturated carbocycles. The Balaban J connectivity index is 2.41. The van der Waals surface area contributed by atoms with E-state index in [0.717, 1.165) is 16.6 Å². The van der Waals surface area contributed by atoms with E-state index in [9.17, 15) is 4.79 Å². The first kappa shape index (κ1) is 12.5. The third-order valence-corrected chi connectivity index (χ3v) is 3.03. The number of aliphatic carboxylic acids is 1. The van der Waals surface area contributed by atoms with Gasteiger partial charge in [-0.25, -0.2) is 0 Å². The summed E-state index contributed by atoms with van der Waals surface area (Å²) in [5.41, 5.74) is 7.47. The van der Waals surface area contributed by atoms with Crippen molar-refractivity contribution >= 4 is 16.9 Å². The smallest absolute Gasteiger partial charge is 0.304 e. The van der Waals surface area contributed by atoms with Gasteiger partial charge in [-0.1, -0.05) is 24.3 Å². The van der Waals surface area contributed by atoms with Gasteiger partial charge in [0.1, 0.15) is 0 Å². The van der Waals surface area contributed by atoms with E-state index in [1.165, 1.54) is 0 Å². The van der Waals surface area contributed by atoms with Crippen LogP contribution in [0.1, 0.15) is 25.0 Å². The maximum atomic E-state index is 10.9. The molecule has 4 heteroatoms. The molecule has 94 valence electrons. The molecule has 0 radical (unpaired) electrons. The van der Waals surface area contributed by atoms with Crippen LogP contribution in [-0.2, 0) is 4.79 Å². The molecule has 0 saturated heterocycles. The zero-order valence-corrected chi connectivity index (χ0v) is 10.2. The van der Waals surface area contributed by atoms with Gasteiger partial charge in [0.15, 0.2) is 0 Å². The fourth-order valence-electron chi connectivity index (χ4n) is 2.04. The molecule has 3 N–H and O–H groups in total. The molecule has 0 bridgehead atoms. The van der Waals surface area contributed by atoms with Crippen molar-refractivity contribution in [3.8, 4) is 0 Å². The Bertz CT molecular complexity index is 566. The van der Waals surface area contributed by atoms with Gasteiger partial charge in [-0.15, -0.1) is 0 Å². The molecule has 0 spiro atoms. The van der Waals surface area contributed by atoms with Crippen molar-refractivity contribution in [2.75, 3.05) is 0 Å². The summed E-state index contributed by atoms with van der Waals surface area (Å²) in [7, 11) is 0. The highest BCUT2D eigenvalue weighted by molar-refractivity contribution is 5.78. The van der Waals surface area contributed by atoms with Crippen LogP contribution < -0.4 is 5.73 Å². The van der Waals surface area contributed by atoms with Gasteiger partial charge in [0, 0.05) is 23.0 Å². The highest BCUT2D eigenvalue weighted by Gasteiger charge is 2.21. The quantitative estimate of drug-likeness (QED) is 0.863. The van der Waals surface area contributed by atoms with E-state index in [1.807, 2.05) is 43.3 Å². The van der Waals surface area contributed by atoms with Crippen LogP contribution in [0.3, 0.4) is 0 Å². The molecule has 2 rings (SSSR count). The van der Waals surface area contributed by atoms with Crippen molar-refractivity contribution in [3.05, 3.63) is 42.1 Å². The number of pyridine rings is 1. The van der Waals surface area contributed by atoms with Gasteiger partial charge < -0.3 is 10.8 Å². The number of hydrogen-bond donors (Lipinski definition) is 2. The molecule has 2 aromatic rings. The zero-order chi connectivity index (χ0) is 13.1. The van der Waals surface area contributed by atoms with Crippen molar-refractivity contribution in [2.24, 2.45) is 5.73 Å². The lowest BCUT2D eigenvalue weighted by molar-refractivity contribution is -0.137.